The molecule has 0 spiro atoms. The second-order valence-corrected chi connectivity index (χ2v) is 5.10. The summed E-state index contributed by atoms with van der Waals surface area (Å²) in [6, 6.07) is -0.00463. The zero-order valence-corrected chi connectivity index (χ0v) is 12.4. The fourth-order valence-electron chi connectivity index (χ4n) is 2.64. The third-order valence-electron chi connectivity index (χ3n) is 3.80. The quantitative estimate of drug-likeness (QED) is 0.716. The van der Waals surface area contributed by atoms with E-state index in [9.17, 15) is 4.79 Å². The van der Waals surface area contributed by atoms with Gasteiger partial charge in [0.15, 0.2) is 0 Å². The molecule has 1 N–H and O–H groups in total. The second kappa shape index (κ2) is 7.74. The summed E-state index contributed by atoms with van der Waals surface area (Å²) in [7, 11) is 0. The molecule has 0 bridgehead atoms. The molecule has 18 heavy (non-hydrogen) atoms. The van der Waals surface area contributed by atoms with E-state index >= 15 is 0 Å². The van der Waals surface area contributed by atoms with Crippen molar-refractivity contribution in [1.82, 2.24) is 15.1 Å². The highest BCUT2D eigenvalue weighted by atomic mass is 16.2. The van der Waals surface area contributed by atoms with Crippen molar-refractivity contribution in [3.05, 3.63) is 0 Å². The van der Waals surface area contributed by atoms with Crippen LogP contribution in [-0.4, -0.2) is 54.1 Å². The predicted octanol–water partition coefficient (Wildman–Crippen LogP) is 1.66. The summed E-state index contributed by atoms with van der Waals surface area (Å²) in [4.78, 5) is 16.5. The molecule has 1 aliphatic heterocycles. The molecule has 0 aromatic rings. The summed E-state index contributed by atoms with van der Waals surface area (Å²) in [6.45, 7) is 12.7. The van der Waals surface area contributed by atoms with Crippen molar-refractivity contribution in [3.63, 3.8) is 0 Å². The number of nitrogens with zero attached hydrogens (tertiary/aromatic N) is 2. The van der Waals surface area contributed by atoms with Crippen molar-refractivity contribution >= 4 is 5.91 Å². The molecule has 1 heterocycles. The lowest BCUT2D eigenvalue weighted by atomic mass is 10.2. The summed E-state index contributed by atoms with van der Waals surface area (Å²) in [5, 5.41) is 3.38. The van der Waals surface area contributed by atoms with E-state index in [1.165, 1.54) is 0 Å². The molecule has 2 atom stereocenters. The zero-order chi connectivity index (χ0) is 13.5. The van der Waals surface area contributed by atoms with Gasteiger partial charge in [-0.05, 0) is 39.4 Å². The fourth-order valence-corrected chi connectivity index (χ4v) is 2.64. The first-order chi connectivity index (χ1) is 8.63. The van der Waals surface area contributed by atoms with Crippen LogP contribution >= 0.6 is 0 Å². The van der Waals surface area contributed by atoms with Crippen LogP contribution in [0.25, 0.3) is 0 Å². The highest BCUT2D eigenvalue weighted by molar-refractivity contribution is 5.83. The van der Waals surface area contributed by atoms with E-state index in [-0.39, 0.29) is 18.1 Å². The minimum absolute atomic E-state index is 0.00463. The van der Waals surface area contributed by atoms with Gasteiger partial charge in [-0.1, -0.05) is 27.2 Å². The van der Waals surface area contributed by atoms with Gasteiger partial charge in [0, 0.05) is 6.54 Å². The molecular weight excluding hydrogens is 226 g/mol. The van der Waals surface area contributed by atoms with Crippen molar-refractivity contribution in [2.75, 3.05) is 26.2 Å². The highest BCUT2D eigenvalue weighted by Crippen LogP contribution is 2.15. The minimum Gasteiger partial charge on any atom is -0.326 e. The van der Waals surface area contributed by atoms with E-state index in [4.69, 9.17) is 0 Å². The molecule has 1 aliphatic rings. The van der Waals surface area contributed by atoms with Crippen molar-refractivity contribution in [1.29, 1.82) is 0 Å². The van der Waals surface area contributed by atoms with Gasteiger partial charge in [0.1, 0.15) is 0 Å². The number of rotatable bonds is 8. The highest BCUT2D eigenvalue weighted by Gasteiger charge is 2.34. The minimum atomic E-state index is -0.00463. The average molecular weight is 255 g/mol. The Morgan fingerprint density at radius 1 is 1.28 bits per heavy atom. The molecule has 1 rings (SSSR count). The Morgan fingerprint density at radius 2 is 1.94 bits per heavy atom. The molecule has 4 nitrogen and oxygen atoms in total. The molecular formula is C14H29N3O. The summed E-state index contributed by atoms with van der Waals surface area (Å²) >= 11 is 0. The Morgan fingerprint density at radius 3 is 2.50 bits per heavy atom. The van der Waals surface area contributed by atoms with Crippen molar-refractivity contribution in [2.45, 2.75) is 59.2 Å². The number of hydrogen-bond acceptors (Lipinski definition) is 3. The van der Waals surface area contributed by atoms with Gasteiger partial charge in [-0.15, -0.1) is 0 Å². The van der Waals surface area contributed by atoms with Gasteiger partial charge in [0.2, 0.25) is 5.91 Å². The van der Waals surface area contributed by atoms with E-state index in [1.54, 1.807) is 0 Å². The Hall–Kier alpha value is -0.610. The van der Waals surface area contributed by atoms with Crippen LogP contribution in [-0.2, 0) is 4.79 Å². The largest absolute Gasteiger partial charge is 0.326 e. The maximum absolute atomic E-state index is 12.1. The molecule has 0 aliphatic carbocycles. The first-order valence-electron chi connectivity index (χ1n) is 7.42. The molecule has 4 heteroatoms. The molecule has 1 fully saturated rings. The lowest BCUT2D eigenvalue weighted by Crippen LogP contribution is -2.39. The van der Waals surface area contributed by atoms with Crippen molar-refractivity contribution in [3.8, 4) is 0 Å². The van der Waals surface area contributed by atoms with E-state index in [1.807, 2.05) is 11.8 Å². The van der Waals surface area contributed by atoms with E-state index < -0.39 is 0 Å². The van der Waals surface area contributed by atoms with E-state index in [0.717, 1.165) is 45.4 Å². The maximum atomic E-state index is 12.1. The molecule has 0 aromatic heterocycles. The Kier molecular flexibility index (Phi) is 6.65. The average Bonchev–Trinajstić information content (AvgIpc) is 2.62. The maximum Gasteiger partial charge on any atom is 0.240 e. The van der Waals surface area contributed by atoms with Gasteiger partial charge in [0.25, 0.3) is 0 Å². The Labute approximate surface area is 112 Å². The normalized spacial score (nSPS) is 24.3. The van der Waals surface area contributed by atoms with Crippen LogP contribution < -0.4 is 5.32 Å². The summed E-state index contributed by atoms with van der Waals surface area (Å²) in [6.07, 6.45) is 3.50. The molecule has 2 unspecified atom stereocenters. The lowest BCUT2D eigenvalue weighted by molar-refractivity contribution is -0.129. The molecule has 0 aromatic carbocycles. The number of nitrogens with one attached hydrogen (secondary N) is 1. The first kappa shape index (κ1) is 15.4. The van der Waals surface area contributed by atoms with Crippen molar-refractivity contribution < 1.29 is 4.79 Å². The van der Waals surface area contributed by atoms with Gasteiger partial charge in [-0.3, -0.25) is 10.1 Å². The summed E-state index contributed by atoms with van der Waals surface area (Å²) < 4.78 is 0. The van der Waals surface area contributed by atoms with Crippen LogP contribution in [0.2, 0.25) is 0 Å². The second-order valence-electron chi connectivity index (χ2n) is 5.10. The Bertz CT molecular complexity index is 253. The summed E-state index contributed by atoms with van der Waals surface area (Å²) in [5.74, 6) is 0.271. The molecule has 0 radical (unpaired) electrons. The molecule has 0 saturated carbocycles. The van der Waals surface area contributed by atoms with E-state index in [0.29, 0.717) is 0 Å². The third kappa shape index (κ3) is 3.95. The fraction of sp³-hybridized carbons (Fsp3) is 0.929. The monoisotopic (exact) mass is 255 g/mol. The zero-order valence-electron chi connectivity index (χ0n) is 12.4. The molecule has 1 saturated heterocycles. The van der Waals surface area contributed by atoms with Crippen molar-refractivity contribution in [2.24, 2.45) is 0 Å². The Balaban J connectivity index is 2.40. The van der Waals surface area contributed by atoms with Gasteiger partial charge in [-0.2, -0.15) is 0 Å². The standard InChI is InChI=1S/C14H29N3O/c1-5-9-13-15-12(4)14(18)17(13)11-8-10-16(6-2)7-3/h12-13,15H,5-11H2,1-4H3. The van der Waals surface area contributed by atoms with E-state index in [2.05, 4.69) is 31.0 Å². The summed E-state index contributed by atoms with van der Waals surface area (Å²) in [5.41, 5.74) is 0. The smallest absolute Gasteiger partial charge is 0.240 e. The number of hydrogen-bond donors (Lipinski definition) is 1. The lowest BCUT2D eigenvalue weighted by Gasteiger charge is -2.25. The van der Waals surface area contributed by atoms with Crippen LogP contribution in [0.3, 0.4) is 0 Å². The van der Waals surface area contributed by atoms with Crippen LogP contribution in [0.15, 0.2) is 0 Å². The van der Waals surface area contributed by atoms with Crippen LogP contribution in [0.1, 0.15) is 47.0 Å². The van der Waals surface area contributed by atoms with Gasteiger partial charge >= 0.3 is 0 Å². The van der Waals surface area contributed by atoms with Crippen LogP contribution in [0.5, 0.6) is 0 Å². The van der Waals surface area contributed by atoms with Crippen LogP contribution in [0, 0.1) is 0 Å². The number of amides is 1. The number of carbonyl (C=O) groups is 1. The third-order valence-corrected chi connectivity index (χ3v) is 3.80. The number of carbonyl (C=O) groups excluding carboxylic acids is 1. The topological polar surface area (TPSA) is 35.6 Å². The first-order valence-corrected chi connectivity index (χ1v) is 7.42. The molecule has 1 amide bonds. The van der Waals surface area contributed by atoms with Crippen LogP contribution in [0.4, 0.5) is 0 Å². The van der Waals surface area contributed by atoms with Gasteiger partial charge in [0.05, 0.1) is 12.2 Å². The predicted molar refractivity (Wildman–Crippen MR) is 75.4 cm³/mol. The van der Waals surface area contributed by atoms with Gasteiger partial charge < -0.3 is 9.80 Å². The SMILES string of the molecule is CCCC1NC(C)C(=O)N1CCCN(CC)CC. The molecule has 106 valence electrons. The van der Waals surface area contributed by atoms with Gasteiger partial charge in [-0.25, -0.2) is 0 Å².